The Balaban J connectivity index is 2.63. The van der Waals surface area contributed by atoms with Crippen molar-refractivity contribution in [1.82, 2.24) is 4.98 Å². The van der Waals surface area contributed by atoms with E-state index in [2.05, 4.69) is 4.98 Å². The molecule has 6 heteroatoms. The maximum Gasteiger partial charge on any atom is 0.355 e. The van der Waals surface area contributed by atoms with Crippen LogP contribution >= 0.6 is 23.2 Å². The summed E-state index contributed by atoms with van der Waals surface area (Å²) in [6.45, 7) is 4.08. The third-order valence-corrected chi connectivity index (χ3v) is 3.90. The fourth-order valence-electron chi connectivity index (χ4n) is 2.30. The van der Waals surface area contributed by atoms with Crippen LogP contribution in [0.4, 0.5) is 0 Å². The first-order valence-electron chi connectivity index (χ1n) is 6.90. The van der Waals surface area contributed by atoms with Gasteiger partial charge in [-0.3, -0.25) is 0 Å². The number of carbonyl (C=O) groups is 1. The van der Waals surface area contributed by atoms with Gasteiger partial charge in [-0.1, -0.05) is 30.1 Å². The highest BCUT2D eigenvalue weighted by Gasteiger charge is 2.22. The van der Waals surface area contributed by atoms with Crippen LogP contribution in [-0.4, -0.2) is 23.6 Å². The van der Waals surface area contributed by atoms with Gasteiger partial charge in [0.25, 0.3) is 0 Å². The molecule has 0 saturated carbocycles. The summed E-state index contributed by atoms with van der Waals surface area (Å²) >= 11 is 12.3. The number of fused-ring (bicyclic) bond motifs is 1. The Bertz CT molecular complexity index is 667. The summed E-state index contributed by atoms with van der Waals surface area (Å²) in [6.07, 6.45) is 1.35. The van der Waals surface area contributed by atoms with Gasteiger partial charge in [-0.25, -0.2) is 4.79 Å². The molecule has 2 rings (SSSR count). The minimum atomic E-state index is -0.404. The van der Waals surface area contributed by atoms with Crippen molar-refractivity contribution >= 4 is 40.1 Å². The van der Waals surface area contributed by atoms with E-state index in [1.165, 1.54) is 0 Å². The van der Waals surface area contributed by atoms with Gasteiger partial charge in [0.05, 0.1) is 11.6 Å². The van der Waals surface area contributed by atoms with Gasteiger partial charge >= 0.3 is 5.97 Å². The second kappa shape index (κ2) is 6.69. The molecule has 0 aliphatic rings. The van der Waals surface area contributed by atoms with E-state index in [-0.39, 0.29) is 6.04 Å². The van der Waals surface area contributed by atoms with Crippen molar-refractivity contribution in [3.8, 4) is 0 Å². The summed E-state index contributed by atoms with van der Waals surface area (Å²) in [4.78, 5) is 15.2. The number of nitrogens with two attached hydrogens (primary N) is 1. The maximum absolute atomic E-state index is 12.1. The van der Waals surface area contributed by atoms with E-state index in [0.717, 1.165) is 17.4 Å². The highest BCUT2D eigenvalue weighted by atomic mass is 35.5. The van der Waals surface area contributed by atoms with Gasteiger partial charge < -0.3 is 15.5 Å². The topological polar surface area (TPSA) is 68.1 Å². The Morgan fingerprint density at radius 1 is 1.38 bits per heavy atom. The van der Waals surface area contributed by atoms with Crippen molar-refractivity contribution in [2.45, 2.75) is 32.7 Å². The van der Waals surface area contributed by atoms with Crippen molar-refractivity contribution in [1.29, 1.82) is 0 Å². The molecule has 1 unspecified atom stereocenters. The minimum Gasteiger partial charge on any atom is -0.461 e. The molecule has 0 radical (unpaired) electrons. The molecule has 1 aromatic heterocycles. The molecule has 2 aromatic rings. The standard InChI is InChI=1S/C15H18Cl2N2O2/c1-3-9(18)7-10-13-11(17)5-8(16)6-12(13)19-14(10)15(20)21-4-2/h5-6,9,19H,3-4,7,18H2,1-2H3. The molecule has 0 spiro atoms. The Kier molecular flexibility index (Phi) is 5.14. The number of hydrogen-bond donors (Lipinski definition) is 2. The Labute approximate surface area is 133 Å². The molecule has 4 nitrogen and oxygen atoms in total. The zero-order chi connectivity index (χ0) is 15.6. The van der Waals surface area contributed by atoms with Crippen molar-refractivity contribution in [2.75, 3.05) is 6.61 Å². The predicted molar refractivity (Wildman–Crippen MR) is 86.2 cm³/mol. The molecule has 3 N–H and O–H groups in total. The molecule has 0 aliphatic carbocycles. The largest absolute Gasteiger partial charge is 0.461 e. The first kappa shape index (κ1) is 16.1. The summed E-state index contributed by atoms with van der Waals surface area (Å²) in [6, 6.07) is 3.35. The number of H-pyrrole nitrogens is 1. The summed E-state index contributed by atoms with van der Waals surface area (Å²) in [5.41, 5.74) is 7.95. The van der Waals surface area contributed by atoms with Crippen LogP contribution in [0.3, 0.4) is 0 Å². The van der Waals surface area contributed by atoms with Gasteiger partial charge in [-0.2, -0.15) is 0 Å². The van der Waals surface area contributed by atoms with Crippen LogP contribution in [0.5, 0.6) is 0 Å². The lowest BCUT2D eigenvalue weighted by Gasteiger charge is -2.10. The number of ether oxygens (including phenoxy) is 1. The summed E-state index contributed by atoms with van der Waals surface area (Å²) in [5, 5.41) is 1.80. The van der Waals surface area contributed by atoms with Crippen molar-refractivity contribution in [3.05, 3.63) is 33.4 Å². The van der Waals surface area contributed by atoms with Crippen LogP contribution in [0, 0.1) is 0 Å². The van der Waals surface area contributed by atoms with Crippen molar-refractivity contribution in [2.24, 2.45) is 5.73 Å². The van der Waals surface area contributed by atoms with Gasteiger partial charge in [0, 0.05) is 22.0 Å². The smallest absolute Gasteiger partial charge is 0.355 e. The van der Waals surface area contributed by atoms with Gasteiger partial charge in [0.2, 0.25) is 0 Å². The highest BCUT2D eigenvalue weighted by molar-refractivity contribution is 6.39. The van der Waals surface area contributed by atoms with Gasteiger partial charge in [0.15, 0.2) is 0 Å². The third-order valence-electron chi connectivity index (χ3n) is 3.39. The molecule has 21 heavy (non-hydrogen) atoms. The van der Waals surface area contributed by atoms with Crippen LogP contribution < -0.4 is 5.73 Å². The number of hydrogen-bond acceptors (Lipinski definition) is 3. The quantitative estimate of drug-likeness (QED) is 0.817. The molecule has 0 amide bonds. The van der Waals surface area contributed by atoms with Crippen LogP contribution in [0.25, 0.3) is 10.9 Å². The van der Waals surface area contributed by atoms with E-state index < -0.39 is 5.97 Å². The van der Waals surface area contributed by atoms with E-state index >= 15 is 0 Å². The maximum atomic E-state index is 12.1. The van der Waals surface area contributed by atoms with Crippen LogP contribution in [0.1, 0.15) is 36.3 Å². The second-order valence-electron chi connectivity index (χ2n) is 4.88. The zero-order valence-corrected chi connectivity index (χ0v) is 13.5. The number of aromatic nitrogens is 1. The lowest BCUT2D eigenvalue weighted by Crippen LogP contribution is -2.22. The molecule has 1 heterocycles. The third kappa shape index (κ3) is 3.34. The number of esters is 1. The number of benzene rings is 1. The number of carbonyl (C=O) groups excluding carboxylic acids is 1. The predicted octanol–water partition coefficient (Wildman–Crippen LogP) is 3.93. The van der Waals surface area contributed by atoms with E-state index in [4.69, 9.17) is 33.7 Å². The first-order valence-corrected chi connectivity index (χ1v) is 7.65. The van der Waals surface area contributed by atoms with E-state index in [1.807, 2.05) is 6.92 Å². The van der Waals surface area contributed by atoms with E-state index in [0.29, 0.717) is 34.3 Å². The average Bonchev–Trinajstić information content (AvgIpc) is 2.77. The second-order valence-corrected chi connectivity index (χ2v) is 5.73. The number of rotatable bonds is 5. The lowest BCUT2D eigenvalue weighted by atomic mass is 10.0. The van der Waals surface area contributed by atoms with Crippen LogP contribution in [0.2, 0.25) is 10.0 Å². The Morgan fingerprint density at radius 2 is 2.10 bits per heavy atom. The fraction of sp³-hybridized carbons (Fsp3) is 0.400. The Hall–Kier alpha value is -1.23. The van der Waals surface area contributed by atoms with Crippen LogP contribution in [0.15, 0.2) is 12.1 Å². The number of aromatic amines is 1. The number of nitrogens with one attached hydrogen (secondary N) is 1. The lowest BCUT2D eigenvalue weighted by molar-refractivity contribution is 0.0519. The van der Waals surface area contributed by atoms with Gasteiger partial charge in [-0.05, 0) is 37.5 Å². The Morgan fingerprint density at radius 3 is 2.71 bits per heavy atom. The molecule has 1 aromatic carbocycles. The fourth-order valence-corrected chi connectivity index (χ4v) is 2.91. The van der Waals surface area contributed by atoms with Gasteiger partial charge in [0.1, 0.15) is 5.69 Å². The van der Waals surface area contributed by atoms with E-state index in [9.17, 15) is 4.79 Å². The summed E-state index contributed by atoms with van der Waals surface area (Å²) < 4.78 is 5.10. The van der Waals surface area contributed by atoms with Crippen molar-refractivity contribution < 1.29 is 9.53 Å². The summed E-state index contributed by atoms with van der Waals surface area (Å²) in [7, 11) is 0. The first-order chi connectivity index (χ1) is 9.97. The normalized spacial score (nSPS) is 12.6. The highest BCUT2D eigenvalue weighted by Crippen LogP contribution is 2.33. The number of halogens is 2. The average molecular weight is 329 g/mol. The molecule has 0 aliphatic heterocycles. The van der Waals surface area contributed by atoms with E-state index in [1.54, 1.807) is 19.1 Å². The molecule has 1 atom stereocenters. The molecular formula is C15H18Cl2N2O2. The van der Waals surface area contributed by atoms with Gasteiger partial charge in [-0.15, -0.1) is 0 Å². The summed E-state index contributed by atoms with van der Waals surface area (Å²) in [5.74, 6) is -0.404. The van der Waals surface area contributed by atoms with Crippen molar-refractivity contribution in [3.63, 3.8) is 0 Å². The molecule has 0 fully saturated rings. The zero-order valence-electron chi connectivity index (χ0n) is 12.0. The molecule has 114 valence electrons. The molecule has 0 bridgehead atoms. The van der Waals surface area contributed by atoms with Crippen LogP contribution in [-0.2, 0) is 11.2 Å². The molecular weight excluding hydrogens is 311 g/mol. The minimum absolute atomic E-state index is 0.0519. The monoisotopic (exact) mass is 328 g/mol. The SMILES string of the molecule is CCOC(=O)c1[nH]c2cc(Cl)cc(Cl)c2c1CC(N)CC. The molecule has 0 saturated heterocycles.